The first-order chi connectivity index (χ1) is 9.90. The van der Waals surface area contributed by atoms with Gasteiger partial charge in [-0.25, -0.2) is 18.0 Å². The second-order valence-corrected chi connectivity index (χ2v) is 4.45. The van der Waals surface area contributed by atoms with Crippen molar-refractivity contribution in [3.63, 3.8) is 0 Å². The average molecular weight is 295 g/mol. The first-order valence-corrected chi connectivity index (χ1v) is 6.05. The fourth-order valence-electron chi connectivity index (χ4n) is 1.71. The summed E-state index contributed by atoms with van der Waals surface area (Å²) in [6.45, 7) is 0.876. The maximum absolute atomic E-state index is 13.5. The van der Waals surface area contributed by atoms with Gasteiger partial charge in [0.1, 0.15) is 24.1 Å². The number of esters is 1. The second kappa shape index (κ2) is 5.87. The SMILES string of the molecule is Cc1c(N)cc(C(=O)OCc2c(F)cccc2F)cc1F. The van der Waals surface area contributed by atoms with Crippen LogP contribution in [0.3, 0.4) is 0 Å². The lowest BCUT2D eigenvalue weighted by Crippen LogP contribution is -2.09. The molecule has 6 heteroatoms. The van der Waals surface area contributed by atoms with Crippen LogP contribution in [0.5, 0.6) is 0 Å². The number of carbonyl (C=O) groups is 1. The molecule has 0 saturated heterocycles. The first kappa shape index (κ1) is 14.9. The topological polar surface area (TPSA) is 52.3 Å². The number of rotatable bonds is 3. The summed E-state index contributed by atoms with van der Waals surface area (Å²) in [6.07, 6.45) is 0. The lowest BCUT2D eigenvalue weighted by Gasteiger charge is -2.09. The Balaban J connectivity index is 2.16. The van der Waals surface area contributed by atoms with Crippen molar-refractivity contribution in [1.82, 2.24) is 0 Å². The average Bonchev–Trinajstić information content (AvgIpc) is 2.43. The van der Waals surface area contributed by atoms with Gasteiger partial charge in [-0.1, -0.05) is 6.07 Å². The summed E-state index contributed by atoms with van der Waals surface area (Å²) in [5, 5.41) is 0. The number of carbonyl (C=O) groups excluding carboxylic acids is 1. The Morgan fingerprint density at radius 3 is 2.33 bits per heavy atom. The normalized spacial score (nSPS) is 10.5. The molecule has 0 aromatic heterocycles. The predicted molar refractivity (Wildman–Crippen MR) is 71.0 cm³/mol. The van der Waals surface area contributed by atoms with Gasteiger partial charge in [-0.05, 0) is 31.2 Å². The van der Waals surface area contributed by atoms with E-state index in [1.807, 2.05) is 0 Å². The smallest absolute Gasteiger partial charge is 0.338 e. The number of nitrogens with two attached hydrogens (primary N) is 1. The Bertz CT molecular complexity index is 658. The van der Waals surface area contributed by atoms with Gasteiger partial charge in [0.05, 0.1) is 11.1 Å². The van der Waals surface area contributed by atoms with Crippen molar-refractivity contribution in [2.75, 3.05) is 5.73 Å². The zero-order chi connectivity index (χ0) is 15.6. The van der Waals surface area contributed by atoms with Gasteiger partial charge in [-0.3, -0.25) is 0 Å². The van der Waals surface area contributed by atoms with Crippen LogP contribution in [0.15, 0.2) is 30.3 Å². The molecule has 2 rings (SSSR count). The molecule has 0 bridgehead atoms. The summed E-state index contributed by atoms with van der Waals surface area (Å²) in [4.78, 5) is 11.8. The molecule has 0 spiro atoms. The summed E-state index contributed by atoms with van der Waals surface area (Å²) in [7, 11) is 0. The van der Waals surface area contributed by atoms with Crippen LogP contribution in [0.1, 0.15) is 21.5 Å². The Labute approximate surface area is 119 Å². The monoisotopic (exact) mass is 295 g/mol. The Morgan fingerprint density at radius 2 is 1.76 bits per heavy atom. The molecule has 0 unspecified atom stereocenters. The Kier molecular flexibility index (Phi) is 4.16. The molecule has 0 heterocycles. The van der Waals surface area contributed by atoms with Gasteiger partial charge in [0.2, 0.25) is 0 Å². The van der Waals surface area contributed by atoms with Crippen LogP contribution >= 0.6 is 0 Å². The quantitative estimate of drug-likeness (QED) is 0.698. The summed E-state index contributed by atoms with van der Waals surface area (Å²) < 4.78 is 45.0. The van der Waals surface area contributed by atoms with E-state index in [-0.39, 0.29) is 22.4 Å². The van der Waals surface area contributed by atoms with E-state index in [1.54, 1.807) is 0 Å². The fraction of sp³-hybridized carbons (Fsp3) is 0.133. The molecule has 0 amide bonds. The highest BCUT2D eigenvalue weighted by Crippen LogP contribution is 2.19. The minimum absolute atomic E-state index is 0.0963. The third kappa shape index (κ3) is 3.16. The third-order valence-corrected chi connectivity index (χ3v) is 3.03. The number of hydrogen-bond acceptors (Lipinski definition) is 3. The Morgan fingerprint density at radius 1 is 1.14 bits per heavy atom. The van der Waals surface area contributed by atoms with E-state index in [2.05, 4.69) is 0 Å². The zero-order valence-electron chi connectivity index (χ0n) is 11.1. The summed E-state index contributed by atoms with van der Waals surface area (Å²) >= 11 is 0. The van der Waals surface area contributed by atoms with Gasteiger partial charge in [0.15, 0.2) is 0 Å². The van der Waals surface area contributed by atoms with Crippen LogP contribution in [0.2, 0.25) is 0 Å². The van der Waals surface area contributed by atoms with Crippen molar-refractivity contribution in [1.29, 1.82) is 0 Å². The number of nitrogen functional groups attached to an aromatic ring is 1. The van der Waals surface area contributed by atoms with E-state index in [1.165, 1.54) is 19.1 Å². The van der Waals surface area contributed by atoms with Crippen molar-refractivity contribution < 1.29 is 22.7 Å². The summed E-state index contributed by atoms with van der Waals surface area (Å²) in [6, 6.07) is 5.52. The van der Waals surface area contributed by atoms with Crippen molar-refractivity contribution in [3.05, 3.63) is 64.5 Å². The molecule has 0 aliphatic heterocycles. The lowest BCUT2D eigenvalue weighted by atomic mass is 10.1. The molecule has 0 aliphatic carbocycles. The highest BCUT2D eigenvalue weighted by Gasteiger charge is 2.15. The molecular weight excluding hydrogens is 283 g/mol. The third-order valence-electron chi connectivity index (χ3n) is 3.03. The molecule has 0 atom stereocenters. The maximum Gasteiger partial charge on any atom is 0.338 e. The van der Waals surface area contributed by atoms with Gasteiger partial charge < -0.3 is 10.5 Å². The molecule has 2 N–H and O–H groups in total. The molecule has 0 fully saturated rings. The van der Waals surface area contributed by atoms with E-state index in [0.29, 0.717) is 0 Å². The molecular formula is C15H12F3NO2. The lowest BCUT2D eigenvalue weighted by molar-refractivity contribution is 0.0464. The van der Waals surface area contributed by atoms with Crippen LogP contribution in [-0.2, 0) is 11.3 Å². The summed E-state index contributed by atoms with van der Waals surface area (Å²) in [5.41, 5.74) is 5.37. The standard InChI is InChI=1S/C15H12F3NO2/c1-8-13(18)5-9(6-14(8)19)15(20)21-7-10-11(16)3-2-4-12(10)17/h2-6H,7,19H2,1H3. The molecule has 0 radical (unpaired) electrons. The van der Waals surface area contributed by atoms with E-state index in [0.717, 1.165) is 18.2 Å². The minimum atomic E-state index is -0.914. The van der Waals surface area contributed by atoms with E-state index in [9.17, 15) is 18.0 Å². The molecule has 0 aliphatic rings. The largest absolute Gasteiger partial charge is 0.457 e. The molecule has 2 aromatic rings. The first-order valence-electron chi connectivity index (χ1n) is 6.05. The number of halogens is 3. The number of ether oxygens (including phenoxy) is 1. The van der Waals surface area contributed by atoms with Crippen LogP contribution in [-0.4, -0.2) is 5.97 Å². The maximum atomic E-state index is 13.5. The highest BCUT2D eigenvalue weighted by atomic mass is 19.1. The van der Waals surface area contributed by atoms with Gasteiger partial charge in [-0.15, -0.1) is 0 Å². The molecule has 110 valence electrons. The van der Waals surface area contributed by atoms with Crippen molar-refractivity contribution in [2.24, 2.45) is 0 Å². The van der Waals surface area contributed by atoms with Gasteiger partial charge >= 0.3 is 5.97 Å². The second-order valence-electron chi connectivity index (χ2n) is 4.45. The molecule has 21 heavy (non-hydrogen) atoms. The van der Waals surface area contributed by atoms with Gasteiger partial charge in [0, 0.05) is 11.3 Å². The molecule has 3 nitrogen and oxygen atoms in total. The van der Waals surface area contributed by atoms with E-state index < -0.39 is 30.0 Å². The predicted octanol–water partition coefficient (Wildman–Crippen LogP) is 3.35. The van der Waals surface area contributed by atoms with Crippen LogP contribution in [0.4, 0.5) is 18.9 Å². The van der Waals surface area contributed by atoms with Crippen molar-refractivity contribution >= 4 is 11.7 Å². The highest BCUT2D eigenvalue weighted by molar-refractivity contribution is 5.90. The van der Waals surface area contributed by atoms with Crippen molar-refractivity contribution in [2.45, 2.75) is 13.5 Å². The Hall–Kier alpha value is -2.50. The number of anilines is 1. The van der Waals surface area contributed by atoms with Crippen LogP contribution < -0.4 is 5.73 Å². The van der Waals surface area contributed by atoms with Crippen LogP contribution in [0.25, 0.3) is 0 Å². The molecule has 0 saturated carbocycles. The molecule has 2 aromatic carbocycles. The van der Waals surface area contributed by atoms with Crippen LogP contribution in [0, 0.1) is 24.4 Å². The van der Waals surface area contributed by atoms with Gasteiger partial charge in [-0.2, -0.15) is 0 Å². The summed E-state index contributed by atoms with van der Waals surface area (Å²) in [5.74, 6) is -3.21. The van der Waals surface area contributed by atoms with Gasteiger partial charge in [0.25, 0.3) is 0 Å². The van der Waals surface area contributed by atoms with Crippen molar-refractivity contribution in [3.8, 4) is 0 Å². The number of benzene rings is 2. The number of hydrogen-bond donors (Lipinski definition) is 1. The van der Waals surface area contributed by atoms with E-state index in [4.69, 9.17) is 10.5 Å². The zero-order valence-corrected chi connectivity index (χ0v) is 11.1. The fourth-order valence-corrected chi connectivity index (χ4v) is 1.71. The minimum Gasteiger partial charge on any atom is -0.457 e. The van der Waals surface area contributed by atoms with E-state index >= 15 is 0 Å².